The molecule has 0 fully saturated rings. The van der Waals surface area contributed by atoms with E-state index in [1.807, 2.05) is 0 Å². The molecule has 0 bridgehead atoms. The van der Waals surface area contributed by atoms with Gasteiger partial charge in [0.25, 0.3) is 0 Å². The molecule has 1 rings (SSSR count). The quantitative estimate of drug-likeness (QED) is 0.650. The highest BCUT2D eigenvalue weighted by molar-refractivity contribution is 5.68. The van der Waals surface area contributed by atoms with Gasteiger partial charge in [-0.1, -0.05) is 5.16 Å². The summed E-state index contributed by atoms with van der Waals surface area (Å²) < 4.78 is 4.65. The van der Waals surface area contributed by atoms with Crippen LogP contribution in [0.25, 0.3) is 0 Å². The molecule has 72 valence electrons. The molecule has 0 aliphatic carbocycles. The second-order valence-electron chi connectivity index (χ2n) is 2.50. The third-order valence-corrected chi connectivity index (χ3v) is 1.37. The number of aliphatic hydroxyl groups excluding tert-OH is 1. The van der Waals surface area contributed by atoms with Gasteiger partial charge in [-0.3, -0.25) is 4.79 Å². The van der Waals surface area contributed by atoms with Crippen LogP contribution in [0.5, 0.6) is 0 Å². The molecule has 0 aliphatic rings. The molecule has 0 aliphatic heterocycles. The van der Waals surface area contributed by atoms with Crippen molar-refractivity contribution in [1.29, 1.82) is 0 Å². The third-order valence-electron chi connectivity index (χ3n) is 1.37. The number of hydrogen-bond acceptors (Lipinski definition) is 5. The van der Waals surface area contributed by atoms with Gasteiger partial charge >= 0.3 is 5.97 Å². The molecule has 0 amide bonds. The molecular weight excluding hydrogens is 176 g/mol. The van der Waals surface area contributed by atoms with Crippen LogP contribution in [-0.4, -0.2) is 32.9 Å². The molecule has 0 aromatic carbocycles. The van der Waals surface area contributed by atoms with E-state index < -0.39 is 5.97 Å². The van der Waals surface area contributed by atoms with Crippen LogP contribution < -0.4 is 0 Å². The van der Waals surface area contributed by atoms with E-state index in [2.05, 4.69) is 14.7 Å². The van der Waals surface area contributed by atoms with Crippen LogP contribution in [0.3, 0.4) is 0 Å². The number of hydrogen-bond donors (Lipinski definition) is 2. The maximum absolute atomic E-state index is 10.2. The van der Waals surface area contributed by atoms with Crippen molar-refractivity contribution >= 4 is 5.97 Å². The topological polar surface area (TPSA) is 96.5 Å². The van der Waals surface area contributed by atoms with Crippen molar-refractivity contribution in [3.63, 3.8) is 0 Å². The molecule has 1 heterocycles. The summed E-state index contributed by atoms with van der Waals surface area (Å²) in [7, 11) is 0. The van der Waals surface area contributed by atoms with Crippen LogP contribution in [0.1, 0.15) is 18.1 Å². The van der Waals surface area contributed by atoms with Crippen molar-refractivity contribution in [2.24, 2.45) is 0 Å². The average Bonchev–Trinajstić information content (AvgIpc) is 2.48. The van der Waals surface area contributed by atoms with Crippen LogP contribution in [0.4, 0.5) is 0 Å². The molecule has 0 atom stereocenters. The summed E-state index contributed by atoms with van der Waals surface area (Å²) in [6, 6.07) is 0. The minimum absolute atomic E-state index is 0.0583. The number of carboxylic acid groups (broad SMARTS) is 1. The molecule has 1 aromatic rings. The Morgan fingerprint density at radius 3 is 2.92 bits per heavy atom. The molecule has 1 aromatic heterocycles. The number of aliphatic carboxylic acids is 1. The molecule has 0 unspecified atom stereocenters. The van der Waals surface area contributed by atoms with Gasteiger partial charge in [0, 0.05) is 13.0 Å². The van der Waals surface area contributed by atoms with E-state index in [-0.39, 0.29) is 18.9 Å². The van der Waals surface area contributed by atoms with Gasteiger partial charge in [-0.05, 0) is 6.42 Å². The molecule has 13 heavy (non-hydrogen) atoms. The number of carboxylic acids is 1. The molecule has 6 heteroatoms. The lowest BCUT2D eigenvalue weighted by Crippen LogP contribution is -2.00. The fraction of sp³-hybridized carbons (Fsp3) is 0.571. The molecule has 0 radical (unpaired) electrons. The highest BCUT2D eigenvalue weighted by atomic mass is 16.5. The Morgan fingerprint density at radius 2 is 2.31 bits per heavy atom. The predicted molar refractivity (Wildman–Crippen MR) is 41.0 cm³/mol. The van der Waals surface area contributed by atoms with Gasteiger partial charge in [-0.15, -0.1) is 0 Å². The average molecular weight is 186 g/mol. The van der Waals surface area contributed by atoms with E-state index in [1.54, 1.807) is 0 Å². The summed E-state index contributed by atoms with van der Waals surface area (Å²) in [5.41, 5.74) is 0. The minimum Gasteiger partial charge on any atom is -0.481 e. The fourth-order valence-corrected chi connectivity index (χ4v) is 0.830. The van der Waals surface area contributed by atoms with Crippen molar-refractivity contribution in [1.82, 2.24) is 10.1 Å². The molecule has 6 nitrogen and oxygen atoms in total. The van der Waals surface area contributed by atoms with Gasteiger partial charge in [-0.25, -0.2) is 0 Å². The van der Waals surface area contributed by atoms with Crippen molar-refractivity contribution in [2.45, 2.75) is 19.3 Å². The standard InChI is InChI=1S/C7H10N2O4/c10-3-1-2-5-8-6(13-9-5)4-7(11)12/h10H,1-4H2,(H,11,12). The van der Waals surface area contributed by atoms with E-state index in [4.69, 9.17) is 10.2 Å². The smallest absolute Gasteiger partial charge is 0.312 e. The zero-order valence-electron chi connectivity index (χ0n) is 6.93. The Labute approximate surface area is 74.2 Å². The van der Waals surface area contributed by atoms with Gasteiger partial charge in [0.05, 0.1) is 0 Å². The van der Waals surface area contributed by atoms with Gasteiger partial charge in [0.1, 0.15) is 6.42 Å². The van der Waals surface area contributed by atoms with Gasteiger partial charge in [0.15, 0.2) is 5.82 Å². The Morgan fingerprint density at radius 1 is 1.54 bits per heavy atom. The van der Waals surface area contributed by atoms with Gasteiger partial charge in [-0.2, -0.15) is 4.98 Å². The second-order valence-corrected chi connectivity index (χ2v) is 2.50. The van der Waals surface area contributed by atoms with Crippen molar-refractivity contribution in [2.75, 3.05) is 6.61 Å². The lowest BCUT2D eigenvalue weighted by atomic mass is 10.3. The van der Waals surface area contributed by atoms with Crippen molar-refractivity contribution in [3.05, 3.63) is 11.7 Å². The Hall–Kier alpha value is -1.43. The number of nitrogens with zero attached hydrogens (tertiary/aromatic N) is 2. The van der Waals surface area contributed by atoms with Crippen LogP contribution >= 0.6 is 0 Å². The highest BCUT2D eigenvalue weighted by Gasteiger charge is 2.09. The van der Waals surface area contributed by atoms with Gasteiger partial charge in [0.2, 0.25) is 5.89 Å². The maximum Gasteiger partial charge on any atom is 0.312 e. The van der Waals surface area contributed by atoms with Crippen molar-refractivity contribution < 1.29 is 19.5 Å². The molecule has 0 saturated heterocycles. The highest BCUT2D eigenvalue weighted by Crippen LogP contribution is 2.00. The summed E-state index contributed by atoms with van der Waals surface area (Å²) >= 11 is 0. The van der Waals surface area contributed by atoms with Crippen LogP contribution in [0, 0.1) is 0 Å². The molecule has 2 N–H and O–H groups in total. The van der Waals surface area contributed by atoms with E-state index in [1.165, 1.54) is 0 Å². The number of carbonyl (C=O) groups is 1. The zero-order valence-corrected chi connectivity index (χ0v) is 6.93. The largest absolute Gasteiger partial charge is 0.481 e. The lowest BCUT2D eigenvalue weighted by molar-refractivity contribution is -0.136. The second kappa shape index (κ2) is 4.56. The predicted octanol–water partition coefficient (Wildman–Crippen LogP) is -0.378. The fourth-order valence-electron chi connectivity index (χ4n) is 0.830. The Kier molecular flexibility index (Phi) is 3.39. The first kappa shape index (κ1) is 9.66. The summed E-state index contributed by atoms with van der Waals surface area (Å²) in [6.45, 7) is 0.0583. The van der Waals surface area contributed by atoms with Crippen LogP contribution in [0.2, 0.25) is 0 Å². The lowest BCUT2D eigenvalue weighted by Gasteiger charge is -1.87. The third kappa shape index (κ3) is 3.20. The summed E-state index contributed by atoms with van der Waals surface area (Å²) in [5.74, 6) is -0.469. The summed E-state index contributed by atoms with van der Waals surface area (Å²) in [5, 5.41) is 20.4. The van der Waals surface area contributed by atoms with Crippen LogP contribution in [-0.2, 0) is 17.6 Å². The van der Waals surface area contributed by atoms with E-state index >= 15 is 0 Å². The number of aromatic nitrogens is 2. The minimum atomic E-state index is -1.00. The Bertz CT molecular complexity index is 284. The van der Waals surface area contributed by atoms with Gasteiger partial charge < -0.3 is 14.7 Å². The maximum atomic E-state index is 10.2. The molecular formula is C7H10N2O4. The summed E-state index contributed by atoms with van der Waals surface area (Å²) in [6.07, 6.45) is 0.789. The molecule has 0 saturated carbocycles. The normalized spacial score (nSPS) is 10.2. The SMILES string of the molecule is O=C(O)Cc1nc(CCCO)no1. The van der Waals surface area contributed by atoms with Crippen molar-refractivity contribution in [3.8, 4) is 0 Å². The van der Waals surface area contributed by atoms with E-state index in [9.17, 15) is 4.79 Å². The number of aryl methyl sites for hydroxylation is 1. The first-order chi connectivity index (χ1) is 6.22. The van der Waals surface area contributed by atoms with E-state index in [0.717, 1.165) is 0 Å². The monoisotopic (exact) mass is 186 g/mol. The first-order valence-corrected chi connectivity index (χ1v) is 3.86. The zero-order chi connectivity index (χ0) is 9.68. The van der Waals surface area contributed by atoms with E-state index in [0.29, 0.717) is 18.7 Å². The Balaban J connectivity index is 2.48. The van der Waals surface area contributed by atoms with Crippen LogP contribution in [0.15, 0.2) is 4.52 Å². The number of aliphatic hydroxyl groups is 1. The summed E-state index contributed by atoms with van der Waals surface area (Å²) in [4.78, 5) is 14.0. The molecule has 0 spiro atoms. The first-order valence-electron chi connectivity index (χ1n) is 3.86. The number of rotatable bonds is 5.